The number of fused-ring (bicyclic) bond motifs is 5. The van der Waals surface area contributed by atoms with Crippen LogP contribution in [0, 0.1) is 40.4 Å². The summed E-state index contributed by atoms with van der Waals surface area (Å²) in [5.41, 5.74) is 0.581. The molecule has 4 saturated carbocycles. The van der Waals surface area contributed by atoms with Crippen molar-refractivity contribution in [3.05, 3.63) is 0 Å². The lowest BCUT2D eigenvalue weighted by atomic mass is 9.44. The summed E-state index contributed by atoms with van der Waals surface area (Å²) in [7, 11) is 0.183. The van der Waals surface area contributed by atoms with E-state index >= 15 is 0 Å². The van der Waals surface area contributed by atoms with Crippen LogP contribution in [0.5, 0.6) is 0 Å². The maximum atomic E-state index is 12.4. The molecule has 0 aromatic carbocycles. The first-order valence-electron chi connectivity index (χ1n) is 13.5. The van der Waals surface area contributed by atoms with Crippen molar-refractivity contribution in [2.75, 3.05) is 13.7 Å². The highest BCUT2D eigenvalue weighted by atomic mass is 28.4. The first kappa shape index (κ1) is 24.9. The van der Waals surface area contributed by atoms with E-state index in [2.05, 4.69) is 40.8 Å². The van der Waals surface area contributed by atoms with Gasteiger partial charge in [0.1, 0.15) is 5.78 Å². The zero-order valence-corrected chi connectivity index (χ0v) is 23.3. The quantitative estimate of drug-likeness (QED) is 0.404. The van der Waals surface area contributed by atoms with Crippen molar-refractivity contribution in [1.29, 1.82) is 0 Å². The normalized spacial score (nSPS) is 44.5. The van der Waals surface area contributed by atoms with E-state index in [0.29, 0.717) is 23.2 Å². The molecule has 0 aliphatic heterocycles. The van der Waals surface area contributed by atoms with E-state index in [1.807, 2.05) is 14.0 Å². The average Bonchev–Trinajstić information content (AvgIpc) is 3.04. The highest BCUT2D eigenvalue weighted by Gasteiger charge is 2.62. The Kier molecular flexibility index (Phi) is 6.60. The van der Waals surface area contributed by atoms with Crippen LogP contribution in [0.15, 0.2) is 0 Å². The Balaban J connectivity index is 1.55. The molecular formula is C28H50O3Si. The van der Waals surface area contributed by atoms with Gasteiger partial charge in [0.2, 0.25) is 0 Å². The SMILES string of the molecule is COC[C@]12CCC(O[Si](C)(C)C(C)(C)C)C[C@@H]1CC[C@H]1[C@@H]3CC[C@H](C(C)=O)[C@@]3(C)CC[C@@H]12. The van der Waals surface area contributed by atoms with Crippen molar-refractivity contribution >= 4 is 14.1 Å². The van der Waals surface area contributed by atoms with E-state index in [9.17, 15) is 4.79 Å². The number of hydrogen-bond donors (Lipinski definition) is 0. The summed E-state index contributed by atoms with van der Waals surface area (Å²) in [4.78, 5) is 12.4. The second-order valence-electron chi connectivity index (χ2n) is 13.9. The van der Waals surface area contributed by atoms with Gasteiger partial charge >= 0.3 is 0 Å². The fourth-order valence-corrected chi connectivity index (χ4v) is 10.3. The number of hydrogen-bond acceptors (Lipinski definition) is 3. The summed E-state index contributed by atoms with van der Waals surface area (Å²) < 4.78 is 12.9. The molecule has 0 aromatic rings. The molecule has 4 rings (SSSR count). The van der Waals surface area contributed by atoms with Gasteiger partial charge in [-0.15, -0.1) is 0 Å². The third-order valence-electron chi connectivity index (χ3n) is 11.5. The molecule has 4 heteroatoms. The Morgan fingerprint density at radius 3 is 2.34 bits per heavy atom. The van der Waals surface area contributed by atoms with Gasteiger partial charge in [-0.1, -0.05) is 27.7 Å². The van der Waals surface area contributed by atoms with Gasteiger partial charge in [-0.25, -0.2) is 0 Å². The molecular weight excluding hydrogens is 412 g/mol. The zero-order valence-electron chi connectivity index (χ0n) is 22.3. The Morgan fingerprint density at radius 2 is 1.72 bits per heavy atom. The number of carbonyl (C=O) groups is 1. The van der Waals surface area contributed by atoms with Crippen LogP contribution in [-0.4, -0.2) is 33.9 Å². The molecule has 0 aromatic heterocycles. The van der Waals surface area contributed by atoms with E-state index in [1.165, 1.54) is 51.4 Å². The summed E-state index contributed by atoms with van der Waals surface area (Å²) in [6.45, 7) is 17.1. The molecule has 0 bridgehead atoms. The van der Waals surface area contributed by atoms with Crippen LogP contribution in [0.1, 0.15) is 92.4 Å². The smallest absolute Gasteiger partial charge is 0.192 e. The number of ether oxygens (including phenoxy) is 1. The number of rotatable bonds is 5. The van der Waals surface area contributed by atoms with Crippen LogP contribution in [0.25, 0.3) is 0 Å². The summed E-state index contributed by atoms with van der Waals surface area (Å²) in [6, 6.07) is 0. The predicted octanol–water partition coefficient (Wildman–Crippen LogP) is 7.25. The van der Waals surface area contributed by atoms with Gasteiger partial charge < -0.3 is 9.16 Å². The van der Waals surface area contributed by atoms with Gasteiger partial charge in [-0.05, 0) is 117 Å². The van der Waals surface area contributed by atoms with Gasteiger partial charge in [0.25, 0.3) is 0 Å². The van der Waals surface area contributed by atoms with Crippen LogP contribution >= 0.6 is 0 Å². The molecule has 0 amide bonds. The van der Waals surface area contributed by atoms with Gasteiger partial charge in [0.15, 0.2) is 8.32 Å². The van der Waals surface area contributed by atoms with Crippen LogP contribution < -0.4 is 0 Å². The van der Waals surface area contributed by atoms with E-state index in [-0.39, 0.29) is 10.5 Å². The molecule has 0 N–H and O–H groups in total. The lowest BCUT2D eigenvalue weighted by molar-refractivity contribution is -0.159. The molecule has 3 nitrogen and oxygen atoms in total. The minimum absolute atomic E-state index is 0.247. The summed E-state index contributed by atoms with van der Waals surface area (Å²) >= 11 is 0. The van der Waals surface area contributed by atoms with E-state index in [0.717, 1.165) is 36.7 Å². The van der Waals surface area contributed by atoms with Gasteiger partial charge in [-0.3, -0.25) is 4.79 Å². The molecule has 0 radical (unpaired) electrons. The van der Waals surface area contributed by atoms with Crippen LogP contribution in [0.2, 0.25) is 18.1 Å². The number of methoxy groups -OCH3 is 1. The van der Waals surface area contributed by atoms with Crippen LogP contribution in [-0.2, 0) is 14.0 Å². The summed E-state index contributed by atoms with van der Waals surface area (Å²) in [5.74, 6) is 3.80. The first-order valence-corrected chi connectivity index (χ1v) is 16.4. The molecule has 32 heavy (non-hydrogen) atoms. The third kappa shape index (κ3) is 3.88. The molecule has 1 unspecified atom stereocenters. The summed E-state index contributed by atoms with van der Waals surface area (Å²) in [5, 5.41) is 0.273. The Bertz CT molecular complexity index is 712. The standard InChI is InChI=1S/C28H50O3Si/c1-19(29)23-11-12-24-22-10-9-20-17-21(31-32(7,8)26(2,3)4)13-16-28(20,18-30-6)25(22)14-15-27(23,24)5/h20-25H,9-18H2,1-8H3/t20-,21?,22-,23+,24-,25-,27+,28+/m0/s1. The third-order valence-corrected chi connectivity index (χ3v) is 16.0. The first-order chi connectivity index (χ1) is 14.9. The second-order valence-corrected chi connectivity index (χ2v) is 18.6. The lowest BCUT2D eigenvalue weighted by Gasteiger charge is -2.62. The van der Waals surface area contributed by atoms with Gasteiger partial charge in [-0.2, -0.15) is 0 Å². The van der Waals surface area contributed by atoms with Crippen molar-refractivity contribution in [3.8, 4) is 0 Å². The molecule has 8 atom stereocenters. The van der Waals surface area contributed by atoms with Crippen LogP contribution in [0.3, 0.4) is 0 Å². The fraction of sp³-hybridized carbons (Fsp3) is 0.964. The largest absolute Gasteiger partial charge is 0.414 e. The minimum atomic E-state index is -1.74. The molecule has 0 saturated heterocycles. The molecule has 184 valence electrons. The predicted molar refractivity (Wildman–Crippen MR) is 134 cm³/mol. The average molecular weight is 463 g/mol. The van der Waals surface area contributed by atoms with Crippen molar-refractivity contribution in [2.24, 2.45) is 40.4 Å². The minimum Gasteiger partial charge on any atom is -0.414 e. The Labute approximate surface area is 198 Å². The Morgan fingerprint density at radius 1 is 1.00 bits per heavy atom. The highest BCUT2D eigenvalue weighted by Crippen LogP contribution is 2.67. The van der Waals surface area contributed by atoms with E-state index in [1.54, 1.807) is 0 Å². The van der Waals surface area contributed by atoms with Crippen molar-refractivity contribution < 1.29 is 14.0 Å². The van der Waals surface area contributed by atoms with Gasteiger partial charge in [0.05, 0.1) is 6.61 Å². The maximum Gasteiger partial charge on any atom is 0.192 e. The monoisotopic (exact) mass is 462 g/mol. The lowest BCUT2D eigenvalue weighted by Crippen LogP contribution is -2.58. The molecule has 4 aliphatic carbocycles. The summed E-state index contributed by atoms with van der Waals surface area (Å²) in [6.07, 6.45) is 11.8. The fourth-order valence-electron chi connectivity index (χ4n) is 8.93. The van der Waals surface area contributed by atoms with Crippen molar-refractivity contribution in [1.82, 2.24) is 0 Å². The number of Topliss-reactive ketones (excluding diaryl/α,β-unsaturated/α-hetero) is 1. The Hall–Kier alpha value is -0.193. The van der Waals surface area contributed by atoms with E-state index < -0.39 is 8.32 Å². The van der Waals surface area contributed by atoms with Crippen LogP contribution in [0.4, 0.5) is 0 Å². The highest BCUT2D eigenvalue weighted by molar-refractivity contribution is 6.74. The molecule has 4 fully saturated rings. The van der Waals surface area contributed by atoms with E-state index in [4.69, 9.17) is 9.16 Å². The second kappa shape index (κ2) is 8.48. The van der Waals surface area contributed by atoms with Crippen molar-refractivity contribution in [3.63, 3.8) is 0 Å². The molecule has 0 heterocycles. The molecule has 0 spiro atoms. The zero-order chi connectivity index (χ0) is 23.5. The molecule has 4 aliphatic rings. The number of carbonyl (C=O) groups excluding carboxylic acids is 1. The topological polar surface area (TPSA) is 35.5 Å². The van der Waals surface area contributed by atoms with Gasteiger partial charge in [0, 0.05) is 19.1 Å². The number of ketones is 1. The maximum absolute atomic E-state index is 12.4. The van der Waals surface area contributed by atoms with Crippen molar-refractivity contribution in [2.45, 2.75) is 117 Å².